The Labute approximate surface area is 102 Å². The Bertz CT molecular complexity index is 373. The number of furan rings is 1. The Hall–Kier alpha value is -1.07. The number of hydrogen-bond acceptors (Lipinski definition) is 3. The van der Waals surface area contributed by atoms with Crippen molar-refractivity contribution in [1.82, 2.24) is 5.32 Å². The molecule has 0 bridgehead atoms. The van der Waals surface area contributed by atoms with Crippen LogP contribution in [0.15, 0.2) is 27.3 Å². The van der Waals surface area contributed by atoms with Crippen LogP contribution in [0.5, 0.6) is 0 Å². The summed E-state index contributed by atoms with van der Waals surface area (Å²) >= 11 is 3.17. The van der Waals surface area contributed by atoms with E-state index in [0.29, 0.717) is 16.9 Å². The summed E-state index contributed by atoms with van der Waals surface area (Å²) in [5.74, 6) is 0.408. The van der Waals surface area contributed by atoms with Gasteiger partial charge in [0.25, 0.3) is 0 Å². The molecule has 0 radical (unpaired) electrons. The van der Waals surface area contributed by atoms with Crippen LogP contribution in [0.1, 0.15) is 19.1 Å². The van der Waals surface area contributed by atoms with Crippen molar-refractivity contribution < 1.29 is 14.3 Å². The van der Waals surface area contributed by atoms with Gasteiger partial charge in [0.1, 0.15) is 5.76 Å². The summed E-state index contributed by atoms with van der Waals surface area (Å²) in [5.41, 5.74) is 0. The zero-order chi connectivity index (χ0) is 12.0. The number of rotatable bonds is 5. The van der Waals surface area contributed by atoms with E-state index in [2.05, 4.69) is 21.2 Å². The fourth-order valence-electron chi connectivity index (χ4n) is 1.13. The van der Waals surface area contributed by atoms with E-state index >= 15 is 0 Å². The molecule has 0 aliphatic rings. The minimum atomic E-state index is -0.200. The number of carbonyl (C=O) groups is 1. The van der Waals surface area contributed by atoms with Crippen LogP contribution >= 0.6 is 15.9 Å². The van der Waals surface area contributed by atoms with Gasteiger partial charge in [-0.3, -0.25) is 4.79 Å². The highest BCUT2D eigenvalue weighted by Crippen LogP contribution is 2.14. The molecule has 0 fully saturated rings. The van der Waals surface area contributed by atoms with E-state index in [9.17, 15) is 4.79 Å². The average molecular weight is 288 g/mol. The van der Waals surface area contributed by atoms with Crippen molar-refractivity contribution in [3.8, 4) is 0 Å². The maximum atomic E-state index is 11.4. The SMILES string of the molecule is CC(CCO)NC(=O)/C=C/c1ccc(Br)o1. The molecule has 1 aromatic heterocycles. The second-order valence-electron chi connectivity index (χ2n) is 3.40. The normalized spacial score (nSPS) is 12.9. The third-order valence-corrected chi connectivity index (χ3v) is 2.37. The zero-order valence-corrected chi connectivity index (χ0v) is 10.5. The summed E-state index contributed by atoms with van der Waals surface area (Å²) in [6, 6.07) is 3.47. The minimum Gasteiger partial charge on any atom is -0.450 e. The Balaban J connectivity index is 2.42. The number of carbonyl (C=O) groups excluding carboxylic acids is 1. The van der Waals surface area contributed by atoms with E-state index in [1.807, 2.05) is 6.92 Å². The number of hydrogen-bond donors (Lipinski definition) is 2. The average Bonchev–Trinajstić information content (AvgIpc) is 2.61. The first-order valence-corrected chi connectivity index (χ1v) is 5.76. The Kier molecular flexibility index (Phi) is 5.28. The second-order valence-corrected chi connectivity index (χ2v) is 4.18. The number of nitrogens with one attached hydrogen (secondary N) is 1. The highest BCUT2D eigenvalue weighted by atomic mass is 79.9. The Morgan fingerprint density at radius 2 is 2.44 bits per heavy atom. The van der Waals surface area contributed by atoms with Crippen LogP contribution in [0, 0.1) is 0 Å². The molecule has 1 heterocycles. The summed E-state index contributed by atoms with van der Waals surface area (Å²) in [6.45, 7) is 1.90. The van der Waals surface area contributed by atoms with Crippen molar-refractivity contribution in [3.63, 3.8) is 0 Å². The summed E-state index contributed by atoms with van der Waals surface area (Å²) in [4.78, 5) is 11.4. The van der Waals surface area contributed by atoms with E-state index < -0.39 is 0 Å². The predicted octanol–water partition coefficient (Wildman–Crippen LogP) is 1.94. The first-order chi connectivity index (χ1) is 7.61. The fourth-order valence-corrected chi connectivity index (χ4v) is 1.45. The molecule has 0 aliphatic carbocycles. The van der Waals surface area contributed by atoms with Crippen LogP contribution in [0.25, 0.3) is 6.08 Å². The maximum Gasteiger partial charge on any atom is 0.244 e. The number of halogens is 1. The molecule has 5 heteroatoms. The summed E-state index contributed by atoms with van der Waals surface area (Å²) in [7, 11) is 0. The van der Waals surface area contributed by atoms with Gasteiger partial charge in [-0.15, -0.1) is 0 Å². The van der Waals surface area contributed by atoms with Gasteiger partial charge in [0.15, 0.2) is 4.67 Å². The van der Waals surface area contributed by atoms with E-state index in [1.165, 1.54) is 6.08 Å². The van der Waals surface area contributed by atoms with Crippen molar-refractivity contribution in [1.29, 1.82) is 0 Å². The smallest absolute Gasteiger partial charge is 0.244 e. The summed E-state index contributed by atoms with van der Waals surface area (Å²) in [5, 5.41) is 11.4. The summed E-state index contributed by atoms with van der Waals surface area (Å²) in [6.07, 6.45) is 3.54. The third-order valence-electron chi connectivity index (χ3n) is 1.94. The number of aliphatic hydroxyl groups excluding tert-OH is 1. The molecule has 16 heavy (non-hydrogen) atoms. The van der Waals surface area contributed by atoms with Crippen LogP contribution in [0.4, 0.5) is 0 Å². The molecule has 0 aliphatic heterocycles. The largest absolute Gasteiger partial charge is 0.450 e. The monoisotopic (exact) mass is 287 g/mol. The molecule has 0 saturated carbocycles. The van der Waals surface area contributed by atoms with Crippen LogP contribution in [-0.4, -0.2) is 23.7 Å². The van der Waals surface area contributed by atoms with E-state index in [0.717, 1.165) is 0 Å². The molecule has 1 unspecified atom stereocenters. The van der Waals surface area contributed by atoms with Gasteiger partial charge in [-0.05, 0) is 47.5 Å². The molecule has 0 aromatic carbocycles. The van der Waals surface area contributed by atoms with Crippen LogP contribution in [0.3, 0.4) is 0 Å². The van der Waals surface area contributed by atoms with Crippen molar-refractivity contribution >= 4 is 27.9 Å². The minimum absolute atomic E-state index is 0.0366. The third kappa shape index (κ3) is 4.63. The molecule has 0 spiro atoms. The summed E-state index contributed by atoms with van der Waals surface area (Å²) < 4.78 is 5.82. The molecule has 1 aromatic rings. The molecule has 2 N–H and O–H groups in total. The molecular formula is C11H14BrNO3. The van der Waals surface area contributed by atoms with Crippen molar-refractivity contribution in [2.75, 3.05) is 6.61 Å². The van der Waals surface area contributed by atoms with Crippen LogP contribution in [0.2, 0.25) is 0 Å². The zero-order valence-electron chi connectivity index (χ0n) is 8.94. The second kappa shape index (κ2) is 6.50. The lowest BCUT2D eigenvalue weighted by atomic mass is 10.2. The Morgan fingerprint density at radius 1 is 1.69 bits per heavy atom. The quantitative estimate of drug-likeness (QED) is 0.814. The van der Waals surface area contributed by atoms with E-state index in [4.69, 9.17) is 9.52 Å². The van der Waals surface area contributed by atoms with Gasteiger partial charge in [-0.1, -0.05) is 0 Å². The van der Waals surface area contributed by atoms with E-state index in [-0.39, 0.29) is 18.6 Å². The topological polar surface area (TPSA) is 62.5 Å². The standard InChI is InChI=1S/C11H14BrNO3/c1-8(6-7-14)13-11(15)5-3-9-2-4-10(12)16-9/h2-5,8,14H,6-7H2,1H3,(H,13,15)/b5-3+. The van der Waals surface area contributed by atoms with Crippen LogP contribution < -0.4 is 5.32 Å². The molecule has 0 saturated heterocycles. The highest BCUT2D eigenvalue weighted by molar-refractivity contribution is 9.10. The lowest BCUT2D eigenvalue weighted by molar-refractivity contribution is -0.117. The number of amides is 1. The van der Waals surface area contributed by atoms with Crippen molar-refractivity contribution in [2.24, 2.45) is 0 Å². The van der Waals surface area contributed by atoms with Gasteiger partial charge in [-0.2, -0.15) is 0 Å². The first-order valence-electron chi connectivity index (χ1n) is 4.96. The van der Waals surface area contributed by atoms with Gasteiger partial charge in [0.2, 0.25) is 5.91 Å². The molecule has 1 amide bonds. The first kappa shape index (κ1) is 13.0. The predicted molar refractivity (Wildman–Crippen MR) is 64.7 cm³/mol. The maximum absolute atomic E-state index is 11.4. The van der Waals surface area contributed by atoms with Gasteiger partial charge in [0, 0.05) is 18.7 Å². The lowest BCUT2D eigenvalue weighted by Gasteiger charge is -2.09. The molecule has 88 valence electrons. The highest BCUT2D eigenvalue weighted by Gasteiger charge is 2.03. The lowest BCUT2D eigenvalue weighted by Crippen LogP contribution is -2.31. The van der Waals surface area contributed by atoms with E-state index in [1.54, 1.807) is 18.2 Å². The van der Waals surface area contributed by atoms with Crippen molar-refractivity contribution in [2.45, 2.75) is 19.4 Å². The van der Waals surface area contributed by atoms with Gasteiger partial charge < -0.3 is 14.8 Å². The fraction of sp³-hybridized carbons (Fsp3) is 0.364. The molecular weight excluding hydrogens is 274 g/mol. The number of aliphatic hydroxyl groups is 1. The van der Waals surface area contributed by atoms with Gasteiger partial charge in [0.05, 0.1) is 0 Å². The van der Waals surface area contributed by atoms with Gasteiger partial charge in [-0.25, -0.2) is 0 Å². The Morgan fingerprint density at radius 3 is 3.00 bits per heavy atom. The molecule has 1 atom stereocenters. The van der Waals surface area contributed by atoms with Gasteiger partial charge >= 0.3 is 0 Å². The molecule has 4 nitrogen and oxygen atoms in total. The molecule has 1 rings (SSSR count). The van der Waals surface area contributed by atoms with Crippen LogP contribution in [-0.2, 0) is 4.79 Å². The van der Waals surface area contributed by atoms with Crippen molar-refractivity contribution in [3.05, 3.63) is 28.6 Å².